The van der Waals surface area contributed by atoms with E-state index in [1.807, 2.05) is 0 Å². The minimum Gasteiger partial charge on any atom is -0.326 e. The smallest absolute Gasteiger partial charge is 0.126 e. The molecule has 0 aliphatic heterocycles. The number of halogens is 5. The maximum atomic E-state index is 5.59. The summed E-state index contributed by atoms with van der Waals surface area (Å²) >= 11 is 27.3. The molecule has 11 heavy (non-hydrogen) atoms. The highest BCUT2D eigenvalue weighted by atomic mass is 35.5. The first kappa shape index (κ1) is 11.9. The predicted octanol–water partition coefficient (Wildman–Crippen LogP) is 3.52. The largest absolute Gasteiger partial charge is 0.326 e. The van der Waals surface area contributed by atoms with Gasteiger partial charge in [0, 0.05) is 6.54 Å². The third kappa shape index (κ3) is 3.88. The van der Waals surface area contributed by atoms with Crippen LogP contribution in [0.5, 0.6) is 0 Å². The van der Waals surface area contributed by atoms with Crippen molar-refractivity contribution in [2.24, 2.45) is 5.73 Å². The molecule has 0 heterocycles. The van der Waals surface area contributed by atoms with Crippen molar-refractivity contribution >= 4 is 58.0 Å². The fourth-order valence-corrected chi connectivity index (χ4v) is 1.01. The van der Waals surface area contributed by atoms with E-state index in [9.17, 15) is 0 Å². The van der Waals surface area contributed by atoms with E-state index < -0.39 is 0 Å². The van der Waals surface area contributed by atoms with Crippen LogP contribution in [0.4, 0.5) is 0 Å². The van der Waals surface area contributed by atoms with Gasteiger partial charge in [-0.2, -0.15) is 0 Å². The molecule has 6 heteroatoms. The first-order valence-corrected chi connectivity index (χ1v) is 4.35. The molecule has 0 fully saturated rings. The van der Waals surface area contributed by atoms with Gasteiger partial charge in [-0.25, -0.2) is 0 Å². The van der Waals surface area contributed by atoms with Gasteiger partial charge in [-0.3, -0.25) is 0 Å². The third-order valence-corrected chi connectivity index (χ3v) is 2.68. The van der Waals surface area contributed by atoms with Gasteiger partial charge in [0.05, 0.1) is 15.1 Å². The fraction of sp³-hybridized carbons (Fsp3) is 0.200. The fourth-order valence-electron chi connectivity index (χ4n) is 0.292. The summed E-state index contributed by atoms with van der Waals surface area (Å²) in [4.78, 5) is 0. The van der Waals surface area contributed by atoms with E-state index in [0.717, 1.165) is 0 Å². The van der Waals surface area contributed by atoms with Gasteiger partial charge < -0.3 is 5.73 Å². The van der Waals surface area contributed by atoms with Gasteiger partial charge in [-0.05, 0) is 0 Å². The lowest BCUT2D eigenvalue weighted by molar-refractivity contribution is 1.22. The highest BCUT2D eigenvalue weighted by Gasteiger charge is 2.07. The van der Waals surface area contributed by atoms with Crippen molar-refractivity contribution < 1.29 is 0 Å². The van der Waals surface area contributed by atoms with Crippen LogP contribution in [0.3, 0.4) is 0 Å². The van der Waals surface area contributed by atoms with E-state index in [0.29, 0.717) is 0 Å². The number of allylic oxidation sites excluding steroid dienone is 2. The van der Waals surface area contributed by atoms with Gasteiger partial charge in [0.25, 0.3) is 0 Å². The molecule has 0 saturated heterocycles. The zero-order valence-corrected chi connectivity index (χ0v) is 8.95. The molecule has 0 rings (SSSR count). The molecule has 0 aliphatic rings. The summed E-state index contributed by atoms with van der Waals surface area (Å²) in [7, 11) is 0. The molecule has 0 saturated carbocycles. The van der Waals surface area contributed by atoms with E-state index in [-0.39, 0.29) is 26.1 Å². The third-order valence-electron chi connectivity index (χ3n) is 0.776. The van der Waals surface area contributed by atoms with Crippen LogP contribution in [0.1, 0.15) is 0 Å². The van der Waals surface area contributed by atoms with Crippen LogP contribution in [-0.4, -0.2) is 6.54 Å². The summed E-state index contributed by atoms with van der Waals surface area (Å²) in [5.41, 5.74) is 5.17. The van der Waals surface area contributed by atoms with Crippen molar-refractivity contribution in [3.8, 4) is 0 Å². The van der Waals surface area contributed by atoms with Crippen molar-refractivity contribution in [2.45, 2.75) is 0 Å². The van der Waals surface area contributed by atoms with E-state index in [2.05, 4.69) is 0 Å². The molecule has 0 aliphatic carbocycles. The zero-order chi connectivity index (χ0) is 9.02. The highest BCUT2D eigenvalue weighted by molar-refractivity contribution is 6.62. The normalized spacial score (nSPS) is 12.5. The minimum atomic E-state index is -0.136. The quantitative estimate of drug-likeness (QED) is 0.751. The lowest BCUT2D eigenvalue weighted by atomic mass is 10.5. The lowest BCUT2D eigenvalue weighted by Crippen LogP contribution is -1.99. The van der Waals surface area contributed by atoms with Gasteiger partial charge in [0.2, 0.25) is 0 Å². The van der Waals surface area contributed by atoms with Crippen LogP contribution in [-0.2, 0) is 0 Å². The Balaban J connectivity index is 4.75. The number of rotatable bonds is 2. The SMILES string of the molecule is NC/C(Cl)=C(\Cl)C(Cl)=C(Cl)Cl. The van der Waals surface area contributed by atoms with Gasteiger partial charge >= 0.3 is 0 Å². The molecule has 0 aromatic carbocycles. The topological polar surface area (TPSA) is 26.0 Å². The zero-order valence-electron chi connectivity index (χ0n) is 5.17. The Labute approximate surface area is 89.7 Å². The van der Waals surface area contributed by atoms with E-state index in [4.69, 9.17) is 63.7 Å². The Morgan fingerprint density at radius 1 is 0.909 bits per heavy atom. The van der Waals surface area contributed by atoms with Crippen molar-refractivity contribution in [1.29, 1.82) is 0 Å². The Morgan fingerprint density at radius 2 is 1.36 bits per heavy atom. The molecular weight excluding hydrogens is 251 g/mol. The molecule has 0 atom stereocenters. The number of nitrogens with two attached hydrogens (primary N) is 1. The first-order chi connectivity index (χ1) is 5.00. The van der Waals surface area contributed by atoms with E-state index in [1.165, 1.54) is 0 Å². The summed E-state index contributed by atoms with van der Waals surface area (Å²) in [5, 5.41) is 0.303. The molecule has 1 nitrogen and oxygen atoms in total. The lowest BCUT2D eigenvalue weighted by Gasteiger charge is -1.99. The van der Waals surface area contributed by atoms with Gasteiger partial charge in [0.1, 0.15) is 4.49 Å². The molecule has 2 N–H and O–H groups in total. The van der Waals surface area contributed by atoms with Gasteiger partial charge in [-0.15, -0.1) is 0 Å². The predicted molar refractivity (Wildman–Crippen MR) is 52.4 cm³/mol. The molecule has 64 valence electrons. The molecule has 0 aromatic heterocycles. The van der Waals surface area contributed by atoms with Crippen molar-refractivity contribution in [3.05, 3.63) is 19.6 Å². The molecule has 0 amide bonds. The van der Waals surface area contributed by atoms with Crippen LogP contribution in [0.25, 0.3) is 0 Å². The summed E-state index contributed by atoms with van der Waals surface area (Å²) in [5.74, 6) is 0. The van der Waals surface area contributed by atoms with E-state index in [1.54, 1.807) is 0 Å². The first-order valence-electron chi connectivity index (χ1n) is 2.46. The van der Waals surface area contributed by atoms with Crippen molar-refractivity contribution in [2.75, 3.05) is 6.54 Å². The molecule has 0 unspecified atom stereocenters. The second-order valence-electron chi connectivity index (χ2n) is 1.50. The monoisotopic (exact) mass is 253 g/mol. The summed E-state index contributed by atoms with van der Waals surface area (Å²) < 4.78 is -0.136. The van der Waals surface area contributed by atoms with Crippen molar-refractivity contribution in [1.82, 2.24) is 0 Å². The Bertz CT molecular complexity index is 203. The van der Waals surface area contributed by atoms with Gasteiger partial charge in [0.15, 0.2) is 0 Å². The minimum absolute atomic E-state index is 0.00505. The van der Waals surface area contributed by atoms with Gasteiger partial charge in [-0.1, -0.05) is 58.0 Å². The maximum absolute atomic E-state index is 5.59. The summed E-state index contributed by atoms with van der Waals surface area (Å²) in [6.45, 7) is 0.0949. The van der Waals surface area contributed by atoms with Crippen LogP contribution in [0, 0.1) is 0 Å². The van der Waals surface area contributed by atoms with Crippen LogP contribution >= 0.6 is 58.0 Å². The Morgan fingerprint density at radius 3 is 1.64 bits per heavy atom. The number of hydrogen-bond acceptors (Lipinski definition) is 1. The summed E-state index contributed by atoms with van der Waals surface area (Å²) in [6.07, 6.45) is 0. The van der Waals surface area contributed by atoms with Crippen LogP contribution < -0.4 is 5.73 Å². The molecule has 0 bridgehead atoms. The van der Waals surface area contributed by atoms with Crippen molar-refractivity contribution in [3.63, 3.8) is 0 Å². The molecule has 0 spiro atoms. The standard InChI is InChI=1S/C5H4Cl5N/c6-2(1-11)3(7)4(8)5(9)10/h1,11H2/b3-2+. The Hall–Kier alpha value is 0.890. The average Bonchev–Trinajstić information content (AvgIpc) is 2.00. The average molecular weight is 255 g/mol. The van der Waals surface area contributed by atoms with Crippen LogP contribution in [0.2, 0.25) is 0 Å². The summed E-state index contributed by atoms with van der Waals surface area (Å²) in [6, 6.07) is 0. The van der Waals surface area contributed by atoms with E-state index >= 15 is 0 Å². The molecular formula is C5H4Cl5N. The second kappa shape index (κ2) is 5.52. The second-order valence-corrected chi connectivity index (χ2v) is 3.66. The van der Waals surface area contributed by atoms with Crippen LogP contribution in [0.15, 0.2) is 19.6 Å². The maximum Gasteiger partial charge on any atom is 0.126 e. The highest BCUT2D eigenvalue weighted by Crippen LogP contribution is 2.30. The molecule has 0 radical (unpaired) electrons. The molecule has 0 aromatic rings. The number of hydrogen-bond donors (Lipinski definition) is 1. The Kier molecular flexibility index (Phi) is 5.97.